The Morgan fingerprint density at radius 3 is 2.95 bits per heavy atom. The highest BCUT2D eigenvalue weighted by molar-refractivity contribution is 5.84. The van der Waals surface area contributed by atoms with Gasteiger partial charge < -0.3 is 9.40 Å². The molecule has 1 aromatic carbocycles. The van der Waals surface area contributed by atoms with Gasteiger partial charge in [-0.2, -0.15) is 0 Å². The van der Waals surface area contributed by atoms with Gasteiger partial charge in [0.05, 0.1) is 6.04 Å². The molecule has 1 atom stereocenters. The smallest absolute Gasteiger partial charge is 0.233 e. The predicted molar refractivity (Wildman–Crippen MR) is 79.9 cm³/mol. The first-order valence-corrected chi connectivity index (χ1v) is 7.35. The SMILES string of the molecule is Cc1nnc([C@H](C)N2CCc3[nH]c4ccccc4c3C2)o1. The summed E-state index contributed by atoms with van der Waals surface area (Å²) in [5, 5.41) is 9.42. The van der Waals surface area contributed by atoms with E-state index in [0.717, 1.165) is 19.5 Å². The first-order valence-electron chi connectivity index (χ1n) is 7.35. The summed E-state index contributed by atoms with van der Waals surface area (Å²) in [6.45, 7) is 5.88. The summed E-state index contributed by atoms with van der Waals surface area (Å²) in [6, 6.07) is 8.65. The Balaban J connectivity index is 1.66. The van der Waals surface area contributed by atoms with Crippen molar-refractivity contribution in [3.05, 3.63) is 47.3 Å². The molecule has 0 spiro atoms. The molecule has 108 valence electrons. The van der Waals surface area contributed by atoms with Crippen LogP contribution in [0.5, 0.6) is 0 Å². The van der Waals surface area contributed by atoms with Gasteiger partial charge in [-0.25, -0.2) is 0 Å². The Bertz CT molecular complexity index is 789. The summed E-state index contributed by atoms with van der Waals surface area (Å²) in [5.74, 6) is 1.33. The quantitative estimate of drug-likeness (QED) is 0.785. The predicted octanol–water partition coefficient (Wildman–Crippen LogP) is 2.98. The van der Waals surface area contributed by atoms with Gasteiger partial charge in [-0.1, -0.05) is 18.2 Å². The molecule has 0 bridgehead atoms. The lowest BCUT2D eigenvalue weighted by Crippen LogP contribution is -2.32. The molecule has 2 aromatic heterocycles. The maximum atomic E-state index is 5.58. The number of aryl methyl sites for hydroxylation is 1. The number of nitrogens with one attached hydrogen (secondary N) is 1. The summed E-state index contributed by atoms with van der Waals surface area (Å²) in [5.41, 5.74) is 3.99. The van der Waals surface area contributed by atoms with Crippen LogP contribution in [0.25, 0.3) is 10.9 Å². The largest absolute Gasteiger partial charge is 0.424 e. The van der Waals surface area contributed by atoms with Crippen molar-refractivity contribution >= 4 is 10.9 Å². The number of fused-ring (bicyclic) bond motifs is 3. The van der Waals surface area contributed by atoms with E-state index in [4.69, 9.17) is 4.42 Å². The van der Waals surface area contributed by atoms with Gasteiger partial charge in [0.1, 0.15) is 0 Å². The van der Waals surface area contributed by atoms with Crippen molar-refractivity contribution in [1.82, 2.24) is 20.1 Å². The fourth-order valence-electron chi connectivity index (χ4n) is 3.15. The third-order valence-corrected chi connectivity index (χ3v) is 4.36. The highest BCUT2D eigenvalue weighted by atomic mass is 16.4. The number of hydrogen-bond donors (Lipinski definition) is 1. The van der Waals surface area contributed by atoms with Gasteiger partial charge in [-0.3, -0.25) is 4.90 Å². The number of aromatic amines is 1. The molecule has 4 rings (SSSR count). The lowest BCUT2D eigenvalue weighted by molar-refractivity contribution is 0.165. The van der Waals surface area contributed by atoms with Crippen molar-refractivity contribution in [3.63, 3.8) is 0 Å². The Morgan fingerprint density at radius 2 is 2.14 bits per heavy atom. The maximum absolute atomic E-state index is 5.58. The van der Waals surface area contributed by atoms with E-state index in [0.29, 0.717) is 11.8 Å². The molecule has 21 heavy (non-hydrogen) atoms. The molecule has 1 aliphatic rings. The zero-order chi connectivity index (χ0) is 14.4. The number of H-pyrrole nitrogens is 1. The van der Waals surface area contributed by atoms with Crippen LogP contribution in [0.15, 0.2) is 28.7 Å². The van der Waals surface area contributed by atoms with E-state index in [1.54, 1.807) is 0 Å². The minimum Gasteiger partial charge on any atom is -0.424 e. The van der Waals surface area contributed by atoms with Gasteiger partial charge in [0.2, 0.25) is 11.8 Å². The Labute approximate surface area is 123 Å². The molecule has 0 aliphatic carbocycles. The molecule has 1 N–H and O–H groups in total. The van der Waals surface area contributed by atoms with Gasteiger partial charge >= 0.3 is 0 Å². The van der Waals surface area contributed by atoms with E-state index in [2.05, 4.69) is 51.3 Å². The summed E-state index contributed by atoms with van der Waals surface area (Å²) >= 11 is 0. The van der Waals surface area contributed by atoms with Crippen molar-refractivity contribution in [2.45, 2.75) is 32.9 Å². The van der Waals surface area contributed by atoms with Crippen LogP contribution in [0.4, 0.5) is 0 Å². The van der Waals surface area contributed by atoms with Crippen LogP contribution >= 0.6 is 0 Å². The van der Waals surface area contributed by atoms with Crippen LogP contribution < -0.4 is 0 Å². The van der Waals surface area contributed by atoms with Gasteiger partial charge in [0.25, 0.3) is 0 Å². The highest BCUT2D eigenvalue weighted by Crippen LogP contribution is 2.31. The number of para-hydroxylation sites is 1. The fraction of sp³-hybridized carbons (Fsp3) is 0.375. The Kier molecular flexibility index (Phi) is 2.82. The lowest BCUT2D eigenvalue weighted by Gasteiger charge is -2.30. The van der Waals surface area contributed by atoms with Crippen molar-refractivity contribution in [2.75, 3.05) is 6.54 Å². The minimum atomic E-state index is 0.146. The van der Waals surface area contributed by atoms with E-state index in [-0.39, 0.29) is 6.04 Å². The van der Waals surface area contributed by atoms with E-state index in [9.17, 15) is 0 Å². The first-order chi connectivity index (χ1) is 10.2. The zero-order valence-corrected chi connectivity index (χ0v) is 12.3. The molecule has 0 saturated carbocycles. The summed E-state index contributed by atoms with van der Waals surface area (Å²) in [6.07, 6.45) is 1.03. The number of hydrogen-bond acceptors (Lipinski definition) is 4. The summed E-state index contributed by atoms with van der Waals surface area (Å²) in [7, 11) is 0. The fourth-order valence-corrected chi connectivity index (χ4v) is 3.15. The topological polar surface area (TPSA) is 58.0 Å². The monoisotopic (exact) mass is 282 g/mol. The standard InChI is InChI=1S/C16H18N4O/c1-10(16-19-18-11(2)21-16)20-8-7-15-13(9-20)12-5-3-4-6-14(12)17-15/h3-6,10,17H,7-9H2,1-2H3/t10-/m0/s1. The van der Waals surface area contributed by atoms with Crippen LogP contribution in [-0.2, 0) is 13.0 Å². The molecule has 0 fully saturated rings. The average molecular weight is 282 g/mol. The molecule has 1 aliphatic heterocycles. The molecule has 5 nitrogen and oxygen atoms in total. The highest BCUT2D eigenvalue weighted by Gasteiger charge is 2.27. The van der Waals surface area contributed by atoms with Gasteiger partial charge in [-0.15, -0.1) is 10.2 Å². The van der Waals surface area contributed by atoms with E-state index < -0.39 is 0 Å². The molecule has 3 heterocycles. The molecule has 3 aromatic rings. The van der Waals surface area contributed by atoms with Crippen LogP contribution in [0.1, 0.15) is 36.0 Å². The van der Waals surface area contributed by atoms with Gasteiger partial charge in [0, 0.05) is 43.0 Å². The zero-order valence-electron chi connectivity index (χ0n) is 12.3. The van der Waals surface area contributed by atoms with E-state index >= 15 is 0 Å². The average Bonchev–Trinajstić information content (AvgIpc) is 3.09. The van der Waals surface area contributed by atoms with Crippen LogP contribution in [0, 0.1) is 6.92 Å². The third-order valence-electron chi connectivity index (χ3n) is 4.36. The van der Waals surface area contributed by atoms with Gasteiger partial charge in [0.15, 0.2) is 0 Å². The van der Waals surface area contributed by atoms with Crippen molar-refractivity contribution in [1.29, 1.82) is 0 Å². The Hall–Kier alpha value is -2.14. The number of rotatable bonds is 2. The molecule has 0 radical (unpaired) electrons. The molecule has 5 heteroatoms. The van der Waals surface area contributed by atoms with Crippen LogP contribution in [0.2, 0.25) is 0 Å². The van der Waals surface area contributed by atoms with Crippen molar-refractivity contribution in [3.8, 4) is 0 Å². The third kappa shape index (κ3) is 2.05. The van der Waals surface area contributed by atoms with Crippen molar-refractivity contribution < 1.29 is 4.42 Å². The van der Waals surface area contributed by atoms with Crippen LogP contribution in [-0.4, -0.2) is 26.6 Å². The van der Waals surface area contributed by atoms with E-state index in [1.165, 1.54) is 22.2 Å². The van der Waals surface area contributed by atoms with Crippen molar-refractivity contribution in [2.24, 2.45) is 0 Å². The molecular formula is C16H18N4O. The number of benzene rings is 1. The van der Waals surface area contributed by atoms with Crippen LogP contribution in [0.3, 0.4) is 0 Å². The second-order valence-electron chi connectivity index (χ2n) is 5.68. The molecule has 0 unspecified atom stereocenters. The maximum Gasteiger partial charge on any atom is 0.233 e. The molecular weight excluding hydrogens is 264 g/mol. The van der Waals surface area contributed by atoms with E-state index in [1.807, 2.05) is 6.92 Å². The second-order valence-corrected chi connectivity index (χ2v) is 5.68. The normalized spacial score (nSPS) is 17.0. The summed E-state index contributed by atoms with van der Waals surface area (Å²) < 4.78 is 5.58. The first kappa shape index (κ1) is 12.6. The summed E-state index contributed by atoms with van der Waals surface area (Å²) in [4.78, 5) is 5.94. The Morgan fingerprint density at radius 1 is 1.29 bits per heavy atom. The molecule has 0 saturated heterocycles. The second kappa shape index (κ2) is 4.70. The number of aromatic nitrogens is 3. The van der Waals surface area contributed by atoms with Gasteiger partial charge in [-0.05, 0) is 18.6 Å². The number of nitrogens with zero attached hydrogens (tertiary/aromatic N) is 3. The lowest BCUT2D eigenvalue weighted by atomic mass is 10.0. The molecule has 0 amide bonds. The minimum absolute atomic E-state index is 0.146.